The lowest BCUT2D eigenvalue weighted by molar-refractivity contribution is -0.137. The molecule has 1 aromatic carbocycles. The first kappa shape index (κ1) is 27.8. The first-order valence-corrected chi connectivity index (χ1v) is 12.1. The predicted molar refractivity (Wildman–Crippen MR) is 142 cm³/mol. The van der Waals surface area contributed by atoms with Crippen LogP contribution in [0.15, 0.2) is 42.9 Å². The molecule has 0 unspecified atom stereocenters. The van der Waals surface area contributed by atoms with Gasteiger partial charge >= 0.3 is 6.18 Å². The summed E-state index contributed by atoms with van der Waals surface area (Å²) in [7, 11) is 7.31. The van der Waals surface area contributed by atoms with Gasteiger partial charge in [-0.1, -0.05) is 5.21 Å². The number of aryl methyl sites for hydroxylation is 2. The molecule has 0 fully saturated rings. The molecule has 13 heteroatoms. The number of benzene rings is 1. The molecule has 0 saturated heterocycles. The van der Waals surface area contributed by atoms with E-state index in [1.807, 2.05) is 33.0 Å². The number of pyridine rings is 1. The molecule has 39 heavy (non-hydrogen) atoms. The molecule has 0 aliphatic rings. The van der Waals surface area contributed by atoms with Gasteiger partial charge in [0.2, 0.25) is 0 Å². The number of halogens is 3. The van der Waals surface area contributed by atoms with Crippen molar-refractivity contribution in [3.05, 3.63) is 65.4 Å². The van der Waals surface area contributed by atoms with E-state index in [1.54, 1.807) is 42.0 Å². The van der Waals surface area contributed by atoms with Crippen molar-refractivity contribution in [3.63, 3.8) is 0 Å². The van der Waals surface area contributed by atoms with Crippen LogP contribution in [0.1, 0.15) is 27.3 Å². The van der Waals surface area contributed by atoms with Crippen molar-refractivity contribution >= 4 is 17.3 Å². The number of aromatic nitrogens is 6. The number of nitrogens with one attached hydrogen (secondary N) is 1. The molecular formula is C26H30F3N9O. The van der Waals surface area contributed by atoms with Gasteiger partial charge in [-0.05, 0) is 52.2 Å². The van der Waals surface area contributed by atoms with Crippen molar-refractivity contribution < 1.29 is 18.0 Å². The van der Waals surface area contributed by atoms with Crippen LogP contribution in [0.2, 0.25) is 0 Å². The van der Waals surface area contributed by atoms with Crippen molar-refractivity contribution in [2.45, 2.75) is 20.0 Å². The maximum absolute atomic E-state index is 13.7. The van der Waals surface area contributed by atoms with Gasteiger partial charge < -0.3 is 15.1 Å². The number of hydrogen-bond donors (Lipinski definition) is 1. The first-order valence-electron chi connectivity index (χ1n) is 12.1. The van der Waals surface area contributed by atoms with Gasteiger partial charge in [0.25, 0.3) is 5.91 Å². The van der Waals surface area contributed by atoms with Gasteiger partial charge in [-0.25, -0.2) is 4.68 Å². The molecule has 1 amide bonds. The Kier molecular flexibility index (Phi) is 7.72. The minimum Gasteiger partial charge on any atom is -0.373 e. The van der Waals surface area contributed by atoms with Crippen LogP contribution in [0.3, 0.4) is 0 Å². The van der Waals surface area contributed by atoms with Crippen LogP contribution in [0, 0.1) is 13.8 Å². The lowest BCUT2D eigenvalue weighted by Gasteiger charge is -2.23. The van der Waals surface area contributed by atoms with E-state index < -0.39 is 17.6 Å². The summed E-state index contributed by atoms with van der Waals surface area (Å²) < 4.78 is 44.2. The molecule has 0 aliphatic carbocycles. The van der Waals surface area contributed by atoms with Crippen LogP contribution in [0.25, 0.3) is 16.9 Å². The Morgan fingerprint density at radius 2 is 1.79 bits per heavy atom. The van der Waals surface area contributed by atoms with E-state index in [0.717, 1.165) is 23.4 Å². The van der Waals surface area contributed by atoms with Gasteiger partial charge in [0.15, 0.2) is 0 Å². The number of carbonyl (C=O) groups is 1. The van der Waals surface area contributed by atoms with Gasteiger partial charge in [0.05, 0.1) is 34.9 Å². The standard InChI is InChI=1S/C26H30F3N9O/c1-16-24(38-15-23(33-34-38)22-14-31-37(6)17(22)2)9-18(13-30-16)25(39)32-20-10-19(26(27,28)29)11-21(12-20)36(5)8-7-35(3)4/h9-15H,7-8H2,1-6H3,(H,32,39). The van der Waals surface area contributed by atoms with E-state index in [1.165, 1.54) is 16.9 Å². The molecule has 0 atom stereocenters. The predicted octanol–water partition coefficient (Wildman–Crippen LogP) is 3.95. The Bertz CT molecular complexity index is 1490. The Morgan fingerprint density at radius 1 is 1.05 bits per heavy atom. The molecule has 1 N–H and O–H groups in total. The number of carbonyl (C=O) groups excluding carboxylic acids is 1. The summed E-state index contributed by atoms with van der Waals surface area (Å²) in [4.78, 5) is 21.1. The second-order valence-corrected chi connectivity index (χ2v) is 9.59. The number of alkyl halides is 3. The van der Waals surface area contributed by atoms with Gasteiger partial charge in [-0.3, -0.25) is 14.5 Å². The smallest absolute Gasteiger partial charge is 0.373 e. The normalized spacial score (nSPS) is 11.7. The lowest BCUT2D eigenvalue weighted by Crippen LogP contribution is -2.28. The monoisotopic (exact) mass is 541 g/mol. The van der Waals surface area contributed by atoms with Crippen molar-refractivity contribution in [2.24, 2.45) is 7.05 Å². The number of rotatable bonds is 8. The largest absolute Gasteiger partial charge is 0.416 e. The Labute approximate surface area is 224 Å². The maximum atomic E-state index is 13.7. The van der Waals surface area contributed by atoms with E-state index in [2.05, 4.69) is 25.7 Å². The molecule has 3 aromatic heterocycles. The number of likely N-dealkylation sites (N-methyl/N-ethyl adjacent to an activating group) is 2. The van der Waals surface area contributed by atoms with Crippen molar-refractivity contribution in [1.82, 2.24) is 34.7 Å². The average Bonchev–Trinajstić information content (AvgIpc) is 3.48. The lowest BCUT2D eigenvalue weighted by atomic mass is 10.1. The zero-order valence-electron chi connectivity index (χ0n) is 22.6. The summed E-state index contributed by atoms with van der Waals surface area (Å²) in [5.41, 5.74) is 3.11. The number of anilines is 2. The van der Waals surface area contributed by atoms with E-state index in [-0.39, 0.29) is 11.3 Å². The fourth-order valence-electron chi connectivity index (χ4n) is 3.88. The van der Waals surface area contributed by atoms with Crippen LogP contribution in [0.5, 0.6) is 0 Å². The van der Waals surface area contributed by atoms with Crippen LogP contribution in [-0.2, 0) is 13.2 Å². The molecule has 0 spiro atoms. The summed E-state index contributed by atoms with van der Waals surface area (Å²) in [6, 6.07) is 5.09. The quantitative estimate of drug-likeness (QED) is 0.361. The fourth-order valence-corrected chi connectivity index (χ4v) is 3.88. The summed E-state index contributed by atoms with van der Waals surface area (Å²) >= 11 is 0. The van der Waals surface area contributed by atoms with Crippen LogP contribution < -0.4 is 10.2 Å². The minimum atomic E-state index is -4.58. The summed E-state index contributed by atoms with van der Waals surface area (Å²) in [6.07, 6.45) is 0.196. The zero-order valence-corrected chi connectivity index (χ0v) is 22.6. The molecule has 0 aliphatic heterocycles. The third-order valence-electron chi connectivity index (χ3n) is 6.40. The molecule has 0 saturated carbocycles. The maximum Gasteiger partial charge on any atom is 0.416 e. The van der Waals surface area contributed by atoms with Crippen molar-refractivity contribution in [2.75, 3.05) is 44.4 Å². The Hall–Kier alpha value is -4.26. The van der Waals surface area contributed by atoms with Gasteiger partial charge in [-0.2, -0.15) is 18.3 Å². The first-order chi connectivity index (χ1) is 18.3. The minimum absolute atomic E-state index is 0.0266. The third-order valence-corrected chi connectivity index (χ3v) is 6.40. The van der Waals surface area contributed by atoms with E-state index >= 15 is 0 Å². The molecule has 0 radical (unpaired) electrons. The number of hydrogen-bond acceptors (Lipinski definition) is 7. The molecule has 10 nitrogen and oxygen atoms in total. The number of nitrogens with zero attached hydrogens (tertiary/aromatic N) is 8. The zero-order chi connectivity index (χ0) is 28.5. The second-order valence-electron chi connectivity index (χ2n) is 9.59. The molecule has 4 aromatic rings. The van der Waals surface area contributed by atoms with E-state index in [4.69, 9.17) is 0 Å². The third kappa shape index (κ3) is 6.25. The van der Waals surface area contributed by atoms with Gasteiger partial charge in [0, 0.05) is 56.0 Å². The molecule has 3 heterocycles. The van der Waals surface area contributed by atoms with Gasteiger partial charge in [-0.15, -0.1) is 5.10 Å². The highest BCUT2D eigenvalue weighted by molar-refractivity contribution is 6.04. The topological polar surface area (TPSA) is 97.0 Å². The Morgan fingerprint density at radius 3 is 2.44 bits per heavy atom. The summed E-state index contributed by atoms with van der Waals surface area (Å²) in [5, 5.41) is 15.2. The highest BCUT2D eigenvalue weighted by atomic mass is 19.4. The molecule has 4 rings (SSSR count). The van der Waals surface area contributed by atoms with Crippen LogP contribution in [0.4, 0.5) is 24.5 Å². The van der Waals surface area contributed by atoms with Crippen molar-refractivity contribution in [3.8, 4) is 16.9 Å². The Balaban J connectivity index is 1.61. The van der Waals surface area contributed by atoms with Crippen LogP contribution in [-0.4, -0.2) is 74.8 Å². The highest BCUT2D eigenvalue weighted by Crippen LogP contribution is 2.34. The molecular weight excluding hydrogens is 511 g/mol. The highest BCUT2D eigenvalue weighted by Gasteiger charge is 2.32. The summed E-state index contributed by atoms with van der Waals surface area (Å²) in [5.74, 6) is -0.603. The molecule has 0 bridgehead atoms. The summed E-state index contributed by atoms with van der Waals surface area (Å²) in [6.45, 7) is 4.83. The van der Waals surface area contributed by atoms with Crippen LogP contribution >= 0.6 is 0 Å². The fraction of sp³-hybridized carbons (Fsp3) is 0.346. The second kappa shape index (κ2) is 10.8. The van der Waals surface area contributed by atoms with Crippen molar-refractivity contribution in [1.29, 1.82) is 0 Å². The SMILES string of the molecule is Cc1ncc(C(=O)Nc2cc(N(C)CCN(C)C)cc(C(F)(F)F)c2)cc1-n1cc(-c2cnn(C)c2C)nn1. The van der Waals surface area contributed by atoms with E-state index in [9.17, 15) is 18.0 Å². The average molecular weight is 542 g/mol. The van der Waals surface area contributed by atoms with Gasteiger partial charge in [0.1, 0.15) is 5.69 Å². The van der Waals surface area contributed by atoms with E-state index in [0.29, 0.717) is 35.9 Å². The number of amides is 1. The molecule has 206 valence electrons.